The molecule has 0 radical (unpaired) electrons. The van der Waals surface area contributed by atoms with E-state index in [9.17, 15) is 4.79 Å². The molecule has 0 N–H and O–H groups in total. The van der Waals surface area contributed by atoms with Crippen LogP contribution in [0.4, 0.5) is 0 Å². The molecule has 5 aliphatic rings. The summed E-state index contributed by atoms with van der Waals surface area (Å²) in [5, 5.41) is 0. The fraction of sp³-hybridized carbons (Fsp3) is 0.957. The summed E-state index contributed by atoms with van der Waals surface area (Å²) in [4.78, 5) is 11.7. The first-order valence-corrected chi connectivity index (χ1v) is 11.2. The van der Waals surface area contributed by atoms with Crippen LogP contribution in [0, 0.1) is 46.3 Å². The van der Waals surface area contributed by atoms with E-state index in [1.54, 1.807) is 0 Å². The number of hydrogen-bond donors (Lipinski definition) is 0. The van der Waals surface area contributed by atoms with Crippen molar-refractivity contribution < 1.29 is 9.53 Å². The van der Waals surface area contributed by atoms with Crippen LogP contribution in [0.1, 0.15) is 84.5 Å². The van der Waals surface area contributed by atoms with Crippen LogP contribution >= 0.6 is 0 Å². The van der Waals surface area contributed by atoms with Crippen molar-refractivity contribution >= 4 is 5.97 Å². The molecular formula is C23H36O2. The van der Waals surface area contributed by atoms with E-state index in [1.165, 1.54) is 64.2 Å². The number of ether oxygens (including phenoxy) is 1. The lowest BCUT2D eigenvalue weighted by Gasteiger charge is -2.60. The minimum atomic E-state index is 0.0564. The lowest BCUT2D eigenvalue weighted by Crippen LogP contribution is -2.53. The molecule has 0 aromatic carbocycles. The van der Waals surface area contributed by atoms with Crippen LogP contribution < -0.4 is 0 Å². The summed E-state index contributed by atoms with van der Waals surface area (Å²) in [6, 6.07) is 0. The van der Waals surface area contributed by atoms with Crippen molar-refractivity contribution in [3.05, 3.63) is 0 Å². The molecule has 8 atom stereocenters. The van der Waals surface area contributed by atoms with Crippen molar-refractivity contribution in [3.8, 4) is 0 Å². The van der Waals surface area contributed by atoms with Crippen LogP contribution in [0.3, 0.4) is 0 Å². The maximum Gasteiger partial charge on any atom is 0.306 e. The van der Waals surface area contributed by atoms with Gasteiger partial charge >= 0.3 is 5.97 Å². The molecule has 5 fully saturated rings. The first-order chi connectivity index (χ1) is 12.0. The van der Waals surface area contributed by atoms with Gasteiger partial charge in [0.05, 0.1) is 13.0 Å². The largest absolute Gasteiger partial charge is 0.465 e. The zero-order valence-corrected chi connectivity index (χ0v) is 16.3. The second-order valence-electron chi connectivity index (χ2n) is 10.8. The summed E-state index contributed by atoms with van der Waals surface area (Å²) >= 11 is 0. The number of carbonyl (C=O) groups excluding carboxylic acids is 1. The van der Waals surface area contributed by atoms with Gasteiger partial charge in [-0.1, -0.05) is 26.7 Å². The Kier molecular flexibility index (Phi) is 3.81. The molecule has 1 saturated heterocycles. The number of carbonyl (C=O) groups is 1. The number of cyclic esters (lactones) is 1. The van der Waals surface area contributed by atoms with Gasteiger partial charge in [0.1, 0.15) is 0 Å². The summed E-state index contributed by atoms with van der Waals surface area (Å²) in [5.74, 6) is 5.21. The van der Waals surface area contributed by atoms with Crippen LogP contribution in [0.5, 0.6) is 0 Å². The third kappa shape index (κ3) is 2.31. The lowest BCUT2D eigenvalue weighted by molar-refractivity contribution is -0.137. The highest BCUT2D eigenvalue weighted by Crippen LogP contribution is 2.68. The van der Waals surface area contributed by atoms with Gasteiger partial charge in [0.2, 0.25) is 0 Å². The van der Waals surface area contributed by atoms with E-state index in [2.05, 4.69) is 13.8 Å². The number of rotatable bonds is 1. The minimum absolute atomic E-state index is 0.0564. The molecule has 4 aliphatic carbocycles. The van der Waals surface area contributed by atoms with E-state index in [4.69, 9.17) is 4.74 Å². The third-order valence-corrected chi connectivity index (χ3v) is 10.1. The topological polar surface area (TPSA) is 26.3 Å². The maximum atomic E-state index is 11.7. The van der Waals surface area contributed by atoms with Gasteiger partial charge in [0.15, 0.2) is 0 Å². The van der Waals surface area contributed by atoms with E-state index in [-0.39, 0.29) is 5.97 Å². The molecule has 2 heteroatoms. The Morgan fingerprint density at radius 3 is 2.44 bits per heavy atom. The molecule has 25 heavy (non-hydrogen) atoms. The van der Waals surface area contributed by atoms with E-state index < -0.39 is 0 Å². The van der Waals surface area contributed by atoms with Crippen molar-refractivity contribution in [3.63, 3.8) is 0 Å². The predicted molar refractivity (Wildman–Crippen MR) is 98.9 cm³/mol. The molecule has 2 unspecified atom stereocenters. The van der Waals surface area contributed by atoms with Crippen LogP contribution in [0.15, 0.2) is 0 Å². The molecule has 5 rings (SSSR count). The summed E-state index contributed by atoms with van der Waals surface area (Å²) in [5.41, 5.74) is 1.13. The summed E-state index contributed by atoms with van der Waals surface area (Å²) in [7, 11) is 0. The normalized spacial score (nSPS) is 55.2. The van der Waals surface area contributed by atoms with Gasteiger partial charge in [0.25, 0.3) is 0 Å². The van der Waals surface area contributed by atoms with Crippen LogP contribution in [-0.4, -0.2) is 12.6 Å². The van der Waals surface area contributed by atoms with E-state index >= 15 is 0 Å². The van der Waals surface area contributed by atoms with Crippen molar-refractivity contribution in [1.29, 1.82) is 0 Å². The molecular weight excluding hydrogens is 308 g/mol. The minimum Gasteiger partial charge on any atom is -0.465 e. The highest BCUT2D eigenvalue weighted by molar-refractivity contribution is 5.71. The second-order valence-corrected chi connectivity index (χ2v) is 10.8. The Labute approximate surface area is 153 Å². The maximum absolute atomic E-state index is 11.7. The standard InChI is InChI=1S/C23H36O2/c1-22-11-4-3-5-16(22)6-7-17-19-9-8-18(15-13-21(24)25-14-15)23(19,2)12-10-20(17)22/h15-20H,3-14H2,1-2H3/t15?,16?,17-,18+,19+,20-,22-,23+/m0/s1. The van der Waals surface area contributed by atoms with Gasteiger partial charge in [-0.3, -0.25) is 4.79 Å². The average Bonchev–Trinajstić information content (AvgIpc) is 3.16. The Bertz CT molecular complexity index is 556. The molecule has 140 valence electrons. The van der Waals surface area contributed by atoms with E-state index in [0.717, 1.165) is 29.6 Å². The van der Waals surface area contributed by atoms with Gasteiger partial charge in [-0.15, -0.1) is 0 Å². The number of esters is 1. The van der Waals surface area contributed by atoms with E-state index in [1.807, 2.05) is 0 Å². The molecule has 0 bridgehead atoms. The Morgan fingerprint density at radius 1 is 0.840 bits per heavy atom. The molecule has 0 aromatic heterocycles. The summed E-state index contributed by atoms with van der Waals surface area (Å²) in [6.07, 6.45) is 15.3. The monoisotopic (exact) mass is 344 g/mol. The van der Waals surface area contributed by atoms with Gasteiger partial charge in [-0.25, -0.2) is 0 Å². The lowest BCUT2D eigenvalue weighted by atomic mass is 9.44. The fourth-order valence-corrected chi connectivity index (χ4v) is 8.90. The van der Waals surface area contributed by atoms with Crippen molar-refractivity contribution in [2.75, 3.05) is 6.61 Å². The van der Waals surface area contributed by atoms with Crippen LogP contribution in [0.2, 0.25) is 0 Å². The Hall–Kier alpha value is -0.530. The summed E-state index contributed by atoms with van der Waals surface area (Å²) < 4.78 is 5.36. The summed E-state index contributed by atoms with van der Waals surface area (Å²) in [6.45, 7) is 5.98. The Balaban J connectivity index is 1.40. The smallest absolute Gasteiger partial charge is 0.306 e. The highest BCUT2D eigenvalue weighted by atomic mass is 16.5. The zero-order valence-electron chi connectivity index (χ0n) is 16.3. The molecule has 1 aliphatic heterocycles. The van der Waals surface area contributed by atoms with Gasteiger partial charge < -0.3 is 4.74 Å². The fourth-order valence-electron chi connectivity index (χ4n) is 8.90. The van der Waals surface area contributed by atoms with Crippen molar-refractivity contribution in [2.24, 2.45) is 46.3 Å². The second kappa shape index (κ2) is 5.73. The average molecular weight is 345 g/mol. The zero-order chi connectivity index (χ0) is 17.2. The molecule has 1 heterocycles. The molecule has 2 nitrogen and oxygen atoms in total. The Morgan fingerprint density at radius 2 is 1.64 bits per heavy atom. The van der Waals surface area contributed by atoms with Crippen LogP contribution in [-0.2, 0) is 9.53 Å². The number of hydrogen-bond acceptors (Lipinski definition) is 2. The van der Waals surface area contributed by atoms with Crippen molar-refractivity contribution in [2.45, 2.75) is 84.5 Å². The number of fused-ring (bicyclic) bond motifs is 5. The molecule has 0 amide bonds. The first-order valence-electron chi connectivity index (χ1n) is 11.2. The predicted octanol–water partition coefficient (Wildman–Crippen LogP) is 5.60. The van der Waals surface area contributed by atoms with Crippen molar-refractivity contribution in [1.82, 2.24) is 0 Å². The van der Waals surface area contributed by atoms with E-state index in [0.29, 0.717) is 29.8 Å². The first kappa shape index (κ1) is 16.6. The van der Waals surface area contributed by atoms with Gasteiger partial charge in [-0.05, 0) is 91.8 Å². The third-order valence-electron chi connectivity index (χ3n) is 10.1. The highest BCUT2D eigenvalue weighted by Gasteiger charge is 2.60. The molecule has 0 aromatic rings. The van der Waals surface area contributed by atoms with Crippen LogP contribution in [0.25, 0.3) is 0 Å². The van der Waals surface area contributed by atoms with Gasteiger partial charge in [-0.2, -0.15) is 0 Å². The molecule has 4 saturated carbocycles. The quantitative estimate of drug-likeness (QED) is 0.579. The molecule has 0 spiro atoms. The SMILES string of the molecule is C[C@]12CC[C@H]3[C@@H](CCC4CCCC[C@@]43C)[C@H]1CC[C@@H]2C1COC(=O)C1. The van der Waals surface area contributed by atoms with Gasteiger partial charge in [0, 0.05) is 5.92 Å².